The van der Waals surface area contributed by atoms with Crippen molar-refractivity contribution in [3.63, 3.8) is 0 Å². The van der Waals surface area contributed by atoms with Gasteiger partial charge >= 0.3 is 6.03 Å². The topological polar surface area (TPSA) is 32.3 Å². The zero-order valence-corrected chi connectivity index (χ0v) is 10.2. The quantitative estimate of drug-likeness (QED) is 0.864. The van der Waals surface area contributed by atoms with Crippen molar-refractivity contribution in [3.8, 4) is 0 Å². The van der Waals surface area contributed by atoms with E-state index in [0.29, 0.717) is 6.54 Å². The van der Waals surface area contributed by atoms with E-state index >= 15 is 0 Å². The van der Waals surface area contributed by atoms with Gasteiger partial charge in [-0.3, -0.25) is 0 Å². The van der Waals surface area contributed by atoms with Crippen LogP contribution in [0.3, 0.4) is 0 Å². The van der Waals surface area contributed by atoms with Gasteiger partial charge in [-0.05, 0) is 18.4 Å². The molecule has 1 aliphatic rings. The summed E-state index contributed by atoms with van der Waals surface area (Å²) in [5, 5.41) is 5.14. The Balaban J connectivity index is 2.08. The summed E-state index contributed by atoms with van der Waals surface area (Å²) in [7, 11) is 0. The highest BCUT2D eigenvalue weighted by atomic mass is 32.2. The van der Waals surface area contributed by atoms with E-state index in [2.05, 4.69) is 16.8 Å². The third-order valence-electron chi connectivity index (χ3n) is 2.27. The van der Waals surface area contributed by atoms with Crippen LogP contribution in [0.25, 0.3) is 0 Å². The molecule has 1 N–H and O–H groups in total. The van der Waals surface area contributed by atoms with Gasteiger partial charge in [0.2, 0.25) is 0 Å². The number of hydrogen-bond donors (Lipinski definition) is 1. The molecule has 2 amide bonds. The summed E-state index contributed by atoms with van der Waals surface area (Å²) in [6.45, 7) is 3.48. The zero-order valence-electron chi connectivity index (χ0n) is 8.60. The van der Waals surface area contributed by atoms with Crippen molar-refractivity contribution in [2.24, 2.45) is 0 Å². The van der Waals surface area contributed by atoms with E-state index in [0.717, 1.165) is 12.3 Å². The number of carbonyl (C=O) groups is 1. The van der Waals surface area contributed by atoms with E-state index in [9.17, 15) is 4.79 Å². The average molecular weight is 242 g/mol. The Morgan fingerprint density at radius 1 is 1.73 bits per heavy atom. The minimum absolute atomic E-state index is 0.0564. The van der Waals surface area contributed by atoms with Gasteiger partial charge < -0.3 is 10.2 Å². The van der Waals surface area contributed by atoms with Crippen LogP contribution in [0.4, 0.5) is 4.79 Å². The Kier molecular flexibility index (Phi) is 3.53. The molecule has 0 saturated carbocycles. The maximum Gasteiger partial charge on any atom is 0.318 e. The Bertz CT molecular complexity index is 326. The Morgan fingerprint density at radius 3 is 3.27 bits per heavy atom. The van der Waals surface area contributed by atoms with E-state index in [1.165, 1.54) is 4.88 Å². The predicted molar refractivity (Wildman–Crippen MR) is 65.3 cm³/mol. The van der Waals surface area contributed by atoms with Crippen molar-refractivity contribution in [1.82, 2.24) is 10.2 Å². The van der Waals surface area contributed by atoms with E-state index in [-0.39, 0.29) is 11.4 Å². The second-order valence-corrected chi connectivity index (χ2v) is 5.43. The third-order valence-corrected chi connectivity index (χ3v) is 4.58. The highest BCUT2D eigenvalue weighted by Gasteiger charge is 2.30. The third kappa shape index (κ3) is 2.29. The highest BCUT2D eigenvalue weighted by molar-refractivity contribution is 7.99. The first-order chi connectivity index (χ1) is 7.33. The van der Waals surface area contributed by atoms with Crippen molar-refractivity contribution >= 4 is 29.1 Å². The Labute approximate surface area is 97.8 Å². The van der Waals surface area contributed by atoms with Gasteiger partial charge in [0, 0.05) is 23.7 Å². The molecule has 15 heavy (non-hydrogen) atoms. The molecule has 82 valence electrons. The first-order valence-electron chi connectivity index (χ1n) is 5.02. The van der Waals surface area contributed by atoms with Crippen molar-refractivity contribution < 1.29 is 4.79 Å². The van der Waals surface area contributed by atoms with E-state index < -0.39 is 0 Å². The van der Waals surface area contributed by atoms with E-state index in [1.807, 2.05) is 29.7 Å². The minimum Gasteiger partial charge on any atom is -0.338 e. The number of nitrogens with zero attached hydrogens (tertiary/aromatic N) is 1. The van der Waals surface area contributed by atoms with Gasteiger partial charge in [0.05, 0.1) is 0 Å². The van der Waals surface area contributed by atoms with Crippen molar-refractivity contribution in [3.05, 3.63) is 22.4 Å². The number of amides is 2. The number of hydrogen-bond acceptors (Lipinski definition) is 3. The molecule has 0 aromatic carbocycles. The second kappa shape index (κ2) is 4.90. The molecule has 1 saturated heterocycles. The smallest absolute Gasteiger partial charge is 0.318 e. The molecule has 1 fully saturated rings. The number of carbonyl (C=O) groups excluding carboxylic acids is 1. The number of urea groups is 1. The molecule has 0 radical (unpaired) electrons. The lowest BCUT2D eigenvalue weighted by atomic mass is 10.4. The van der Waals surface area contributed by atoms with Gasteiger partial charge in [0.15, 0.2) is 0 Å². The van der Waals surface area contributed by atoms with Gasteiger partial charge in [-0.25, -0.2) is 4.79 Å². The fourth-order valence-corrected chi connectivity index (χ4v) is 3.83. The molecule has 1 aliphatic heterocycles. The molecule has 0 aliphatic carbocycles. The fraction of sp³-hybridized carbons (Fsp3) is 0.500. The molecule has 3 nitrogen and oxygen atoms in total. The molecular formula is C10H14N2OS2. The molecule has 2 heterocycles. The van der Waals surface area contributed by atoms with Crippen LogP contribution in [0.1, 0.15) is 17.2 Å². The summed E-state index contributed by atoms with van der Waals surface area (Å²) in [4.78, 5) is 14.9. The summed E-state index contributed by atoms with van der Waals surface area (Å²) in [5.41, 5.74) is 0. The summed E-state index contributed by atoms with van der Waals surface area (Å²) in [6.07, 6.45) is 0. The molecule has 0 bridgehead atoms. The van der Waals surface area contributed by atoms with E-state index in [1.54, 1.807) is 11.3 Å². The van der Waals surface area contributed by atoms with Gasteiger partial charge in [0.1, 0.15) is 5.37 Å². The summed E-state index contributed by atoms with van der Waals surface area (Å²) >= 11 is 3.55. The van der Waals surface area contributed by atoms with Crippen molar-refractivity contribution in [2.45, 2.75) is 12.3 Å². The normalized spacial score (nSPS) is 20.6. The molecule has 5 heteroatoms. The van der Waals surface area contributed by atoms with Gasteiger partial charge in [0.25, 0.3) is 0 Å². The SMILES string of the molecule is CCNC(=O)N1CCSC1c1cccs1. The summed E-state index contributed by atoms with van der Waals surface area (Å²) in [5.74, 6) is 1.03. The van der Waals surface area contributed by atoms with Crippen LogP contribution in [-0.4, -0.2) is 29.8 Å². The van der Waals surface area contributed by atoms with Crippen molar-refractivity contribution in [2.75, 3.05) is 18.8 Å². The van der Waals surface area contributed by atoms with Gasteiger partial charge in [-0.2, -0.15) is 0 Å². The maximum atomic E-state index is 11.8. The van der Waals surface area contributed by atoms with Crippen LogP contribution in [-0.2, 0) is 0 Å². The Morgan fingerprint density at radius 2 is 2.60 bits per heavy atom. The standard InChI is InChI=1S/C10H14N2OS2/c1-2-11-10(13)12-5-7-15-9(12)8-4-3-6-14-8/h3-4,6,9H,2,5,7H2,1H3,(H,11,13). The van der Waals surface area contributed by atoms with Gasteiger partial charge in [-0.1, -0.05) is 6.07 Å². The van der Waals surface area contributed by atoms with Crippen molar-refractivity contribution in [1.29, 1.82) is 0 Å². The largest absolute Gasteiger partial charge is 0.338 e. The highest BCUT2D eigenvalue weighted by Crippen LogP contribution is 2.39. The van der Waals surface area contributed by atoms with Crippen LogP contribution < -0.4 is 5.32 Å². The number of nitrogens with one attached hydrogen (secondary N) is 1. The molecule has 2 rings (SSSR count). The number of thioether (sulfide) groups is 1. The first-order valence-corrected chi connectivity index (χ1v) is 6.95. The molecule has 1 unspecified atom stereocenters. The van der Waals surface area contributed by atoms with Crippen LogP contribution in [0.2, 0.25) is 0 Å². The fourth-order valence-electron chi connectivity index (χ4n) is 1.60. The average Bonchev–Trinajstić information content (AvgIpc) is 2.88. The second-order valence-electron chi connectivity index (χ2n) is 3.27. The monoisotopic (exact) mass is 242 g/mol. The molecule has 0 spiro atoms. The molecule has 1 atom stereocenters. The van der Waals surface area contributed by atoms with Crippen LogP contribution in [0.15, 0.2) is 17.5 Å². The minimum atomic E-state index is 0.0564. The predicted octanol–water partition coefficient (Wildman–Crippen LogP) is 2.53. The Hall–Kier alpha value is -0.680. The lowest BCUT2D eigenvalue weighted by Crippen LogP contribution is -2.39. The summed E-state index contributed by atoms with van der Waals surface area (Å²) in [6, 6.07) is 4.19. The maximum absolute atomic E-state index is 11.8. The van der Waals surface area contributed by atoms with Crippen LogP contribution >= 0.6 is 23.1 Å². The van der Waals surface area contributed by atoms with E-state index in [4.69, 9.17) is 0 Å². The first kappa shape index (κ1) is 10.8. The lowest BCUT2D eigenvalue weighted by Gasteiger charge is -2.22. The number of rotatable bonds is 2. The van der Waals surface area contributed by atoms with Crippen LogP contribution in [0, 0.1) is 0 Å². The van der Waals surface area contributed by atoms with Crippen LogP contribution in [0.5, 0.6) is 0 Å². The molecule has 1 aromatic heterocycles. The zero-order chi connectivity index (χ0) is 10.7. The van der Waals surface area contributed by atoms with Gasteiger partial charge in [-0.15, -0.1) is 23.1 Å². The molecular weight excluding hydrogens is 228 g/mol. The lowest BCUT2D eigenvalue weighted by molar-refractivity contribution is 0.201. The molecule has 1 aromatic rings. The number of thiophene rings is 1. The summed E-state index contributed by atoms with van der Waals surface area (Å²) < 4.78 is 0.